The lowest BCUT2D eigenvalue weighted by molar-refractivity contribution is -0.119. The summed E-state index contributed by atoms with van der Waals surface area (Å²) >= 11 is 0. The Morgan fingerprint density at radius 2 is 0.232 bits per heavy atom. The summed E-state index contributed by atoms with van der Waals surface area (Å²) in [4.78, 5) is 42.5. The van der Waals surface area contributed by atoms with Crippen LogP contribution in [0.25, 0.3) is 0 Å². The molecular weight excluding hydrogens is 697 g/mol. The number of hydrogen-bond acceptors (Lipinski definition) is 4. The van der Waals surface area contributed by atoms with Crippen molar-refractivity contribution < 1.29 is 19.2 Å². The van der Waals surface area contributed by atoms with E-state index >= 15 is 0 Å². The van der Waals surface area contributed by atoms with Gasteiger partial charge in [-0.2, -0.15) is 0 Å². The minimum Gasteiger partial charge on any atom is -0.370 e. The molecule has 0 unspecified atom stereocenters. The highest BCUT2D eigenvalue weighted by Crippen LogP contribution is 2.17. The smallest absolute Gasteiger partial charge is 0.217 e. The Bertz CT molecular complexity index is 785. The van der Waals surface area contributed by atoms with E-state index in [0.717, 1.165) is 51.4 Å². The van der Waals surface area contributed by atoms with Crippen LogP contribution in [0.4, 0.5) is 0 Å². The van der Waals surface area contributed by atoms with Crippen molar-refractivity contribution in [3.8, 4) is 0 Å². The number of amides is 4. The number of hydrogen-bond donors (Lipinski definition) is 4. The van der Waals surface area contributed by atoms with Crippen LogP contribution in [-0.4, -0.2) is 23.6 Å². The predicted molar refractivity (Wildman–Crippen MR) is 240 cm³/mol. The van der Waals surface area contributed by atoms with Gasteiger partial charge in [-0.1, -0.05) is 231 Å². The Balaban J connectivity index is 0. The molecule has 8 nitrogen and oxygen atoms in total. The normalized spacial score (nSPS) is 11.0. The first-order valence-electron chi connectivity index (χ1n) is 24.4. The molecule has 0 aromatic carbocycles. The van der Waals surface area contributed by atoms with E-state index in [1.165, 1.54) is 205 Å². The van der Waals surface area contributed by atoms with E-state index in [1.807, 2.05) is 0 Å². The molecule has 8 N–H and O–H groups in total. The van der Waals surface area contributed by atoms with E-state index in [1.54, 1.807) is 0 Å². The van der Waals surface area contributed by atoms with E-state index < -0.39 is 0 Å². The van der Waals surface area contributed by atoms with E-state index in [9.17, 15) is 19.2 Å². The van der Waals surface area contributed by atoms with Crippen molar-refractivity contribution in [2.24, 2.45) is 22.9 Å². The maximum atomic E-state index is 10.6. The molecule has 0 rings (SSSR count). The van der Waals surface area contributed by atoms with Crippen molar-refractivity contribution in [3.05, 3.63) is 0 Å². The molecule has 0 spiro atoms. The zero-order chi connectivity index (χ0) is 41.4. The number of primary amides is 4. The van der Waals surface area contributed by atoms with Crippen LogP contribution in [-0.2, 0) is 19.2 Å². The van der Waals surface area contributed by atoms with E-state index in [2.05, 4.69) is 0 Å². The lowest BCUT2D eigenvalue weighted by Gasteiger charge is -2.04. The summed E-state index contributed by atoms with van der Waals surface area (Å²) in [6.07, 6.45) is 54.3. The van der Waals surface area contributed by atoms with Crippen molar-refractivity contribution in [3.63, 3.8) is 0 Å². The van der Waals surface area contributed by atoms with Crippen LogP contribution in [0.1, 0.15) is 283 Å². The monoisotopic (exact) mass is 793 g/mol. The predicted octanol–water partition coefficient (Wildman–Crippen LogP) is 13.1. The van der Waals surface area contributed by atoms with Crippen LogP contribution in [0.5, 0.6) is 0 Å². The zero-order valence-corrected chi connectivity index (χ0v) is 37.1. The van der Waals surface area contributed by atoms with Gasteiger partial charge in [-0.25, -0.2) is 0 Å². The Hall–Kier alpha value is -2.12. The molecule has 0 aromatic heterocycles. The fourth-order valence-electron chi connectivity index (χ4n) is 7.56. The Kier molecular flexibility index (Phi) is 49.0. The van der Waals surface area contributed by atoms with Gasteiger partial charge in [0.25, 0.3) is 0 Å². The maximum Gasteiger partial charge on any atom is 0.217 e. The molecule has 0 fully saturated rings. The van der Waals surface area contributed by atoms with Gasteiger partial charge < -0.3 is 22.9 Å². The molecule has 0 atom stereocenters. The van der Waals surface area contributed by atoms with Crippen LogP contribution in [0.3, 0.4) is 0 Å². The fraction of sp³-hybridized carbons (Fsp3) is 0.917. The van der Waals surface area contributed by atoms with Crippen LogP contribution in [0.2, 0.25) is 0 Å². The summed E-state index contributed by atoms with van der Waals surface area (Å²) in [6.45, 7) is 0. The van der Waals surface area contributed by atoms with Gasteiger partial charge in [0, 0.05) is 25.7 Å². The van der Waals surface area contributed by atoms with Crippen molar-refractivity contribution >= 4 is 23.6 Å². The maximum absolute atomic E-state index is 10.6. The summed E-state index contributed by atoms with van der Waals surface area (Å²) < 4.78 is 0. The fourth-order valence-corrected chi connectivity index (χ4v) is 7.56. The lowest BCUT2D eigenvalue weighted by Crippen LogP contribution is -2.09. The Morgan fingerprint density at radius 1 is 0.161 bits per heavy atom. The van der Waals surface area contributed by atoms with E-state index in [0.29, 0.717) is 25.7 Å². The van der Waals surface area contributed by atoms with Gasteiger partial charge in [0.15, 0.2) is 0 Å². The number of rotatable bonds is 46. The zero-order valence-electron chi connectivity index (χ0n) is 37.1. The first kappa shape index (κ1) is 56.0. The Labute approximate surface area is 347 Å². The second-order valence-corrected chi connectivity index (χ2v) is 17.0. The van der Waals surface area contributed by atoms with Gasteiger partial charge in [0.2, 0.25) is 23.6 Å². The van der Waals surface area contributed by atoms with Gasteiger partial charge in [-0.05, 0) is 25.7 Å². The number of carbonyl (C=O) groups excluding carboxylic acids is 4. The van der Waals surface area contributed by atoms with Gasteiger partial charge in [-0.15, -0.1) is 0 Å². The van der Waals surface area contributed by atoms with Crippen LogP contribution >= 0.6 is 0 Å². The minimum absolute atomic E-state index is 0.160. The summed E-state index contributed by atoms with van der Waals surface area (Å²) in [7, 11) is 0. The summed E-state index contributed by atoms with van der Waals surface area (Å²) in [5.41, 5.74) is 20.5. The molecule has 8 heteroatoms. The van der Waals surface area contributed by atoms with Crippen LogP contribution in [0.15, 0.2) is 0 Å². The molecule has 0 aliphatic rings. The standard InChI is InChI=1S/C26H52N2O2.C22H44N2O2/c27-25(29)23-21-19-17-15-13-11-9-7-5-3-1-2-4-6-8-10-12-14-16-18-20-22-24-26(28)30;23-21(25)19-17-15-13-11-9-7-5-3-1-2-4-6-8-10-12-14-16-18-20-22(24)26/h1-24H2,(H2,27,29)(H2,28,30);1-20H2,(H2,23,25)(H2,24,26). The van der Waals surface area contributed by atoms with Gasteiger partial charge >= 0.3 is 0 Å². The van der Waals surface area contributed by atoms with E-state index in [4.69, 9.17) is 22.9 Å². The first-order chi connectivity index (χ1) is 27.3. The Morgan fingerprint density at radius 3 is 0.304 bits per heavy atom. The second-order valence-electron chi connectivity index (χ2n) is 17.0. The quantitative estimate of drug-likeness (QED) is 0.0450. The molecule has 0 radical (unpaired) electrons. The van der Waals surface area contributed by atoms with Crippen molar-refractivity contribution in [2.45, 2.75) is 283 Å². The highest BCUT2D eigenvalue weighted by molar-refractivity contribution is 5.74. The number of unbranched alkanes of at least 4 members (excludes halogenated alkanes) is 38. The van der Waals surface area contributed by atoms with Crippen molar-refractivity contribution in [1.82, 2.24) is 0 Å². The third-order valence-electron chi connectivity index (χ3n) is 11.2. The third kappa shape index (κ3) is 58.6. The van der Waals surface area contributed by atoms with Crippen LogP contribution in [0, 0.1) is 0 Å². The van der Waals surface area contributed by atoms with Gasteiger partial charge in [-0.3, -0.25) is 19.2 Å². The molecule has 0 saturated heterocycles. The van der Waals surface area contributed by atoms with Crippen LogP contribution < -0.4 is 22.9 Å². The lowest BCUT2D eigenvalue weighted by atomic mass is 10.0. The van der Waals surface area contributed by atoms with Gasteiger partial charge in [0.1, 0.15) is 0 Å². The number of carbonyl (C=O) groups is 4. The van der Waals surface area contributed by atoms with Crippen molar-refractivity contribution in [2.75, 3.05) is 0 Å². The SMILES string of the molecule is NC(=O)CCCCCCCCCCCCCCCCCCCCC(N)=O.NC(=O)CCCCCCCCCCCCCCCCCCCCCCCCC(N)=O. The average molecular weight is 793 g/mol. The minimum atomic E-state index is -0.165. The van der Waals surface area contributed by atoms with Crippen molar-refractivity contribution in [1.29, 1.82) is 0 Å². The average Bonchev–Trinajstić information content (AvgIpc) is 3.15. The molecule has 0 aromatic rings. The molecule has 0 saturated carbocycles. The summed E-state index contributed by atoms with van der Waals surface area (Å²) in [5, 5.41) is 0. The topological polar surface area (TPSA) is 172 Å². The highest BCUT2D eigenvalue weighted by Gasteiger charge is 2.00. The summed E-state index contributed by atoms with van der Waals surface area (Å²) in [6, 6.07) is 0. The number of nitrogens with two attached hydrogens (primary N) is 4. The van der Waals surface area contributed by atoms with E-state index in [-0.39, 0.29) is 23.6 Å². The molecule has 0 heterocycles. The molecule has 332 valence electrons. The van der Waals surface area contributed by atoms with Gasteiger partial charge in [0.05, 0.1) is 0 Å². The molecule has 0 bridgehead atoms. The largest absolute Gasteiger partial charge is 0.370 e. The molecule has 56 heavy (non-hydrogen) atoms. The summed E-state index contributed by atoms with van der Waals surface area (Å²) in [5.74, 6) is -0.649. The molecule has 0 aliphatic carbocycles. The first-order valence-corrected chi connectivity index (χ1v) is 24.4. The molecular formula is C48H96N4O4. The molecule has 0 aliphatic heterocycles. The highest BCUT2D eigenvalue weighted by atomic mass is 16.2. The molecule has 4 amide bonds. The third-order valence-corrected chi connectivity index (χ3v) is 11.2. The second kappa shape index (κ2) is 49.0.